The van der Waals surface area contributed by atoms with Gasteiger partial charge in [-0.3, -0.25) is 4.79 Å². The van der Waals surface area contributed by atoms with Crippen LogP contribution in [-0.2, 0) is 12.8 Å². The predicted molar refractivity (Wildman–Crippen MR) is 87.2 cm³/mol. The number of anilines is 1. The Kier molecular flexibility index (Phi) is 4.61. The van der Waals surface area contributed by atoms with Crippen molar-refractivity contribution in [2.75, 3.05) is 5.73 Å². The Bertz CT molecular complexity index is 649. The van der Waals surface area contributed by atoms with Gasteiger partial charge in [0.05, 0.1) is 4.47 Å². The van der Waals surface area contributed by atoms with E-state index in [0.717, 1.165) is 12.8 Å². The molecule has 0 amide bonds. The molecule has 0 saturated heterocycles. The SMILES string of the molecule is CCc1ccc(C(=O)c2cccc(N)c2Br)cc1CC. The van der Waals surface area contributed by atoms with Crippen molar-refractivity contribution in [1.82, 2.24) is 0 Å². The molecule has 0 bridgehead atoms. The van der Waals surface area contributed by atoms with Crippen molar-refractivity contribution in [2.24, 2.45) is 0 Å². The van der Waals surface area contributed by atoms with Gasteiger partial charge in [0.25, 0.3) is 0 Å². The van der Waals surface area contributed by atoms with E-state index < -0.39 is 0 Å². The summed E-state index contributed by atoms with van der Waals surface area (Å²) in [6.45, 7) is 4.24. The molecule has 3 heteroatoms. The van der Waals surface area contributed by atoms with Gasteiger partial charge in [-0.15, -0.1) is 0 Å². The second-order valence-corrected chi connectivity index (χ2v) is 5.52. The first kappa shape index (κ1) is 14.8. The summed E-state index contributed by atoms with van der Waals surface area (Å²) in [5.74, 6) is 0.00141. The van der Waals surface area contributed by atoms with Crippen LogP contribution >= 0.6 is 15.9 Å². The van der Waals surface area contributed by atoms with Gasteiger partial charge in [0.1, 0.15) is 0 Å². The first-order chi connectivity index (χ1) is 9.58. The number of benzene rings is 2. The van der Waals surface area contributed by atoms with Gasteiger partial charge in [-0.1, -0.05) is 32.0 Å². The van der Waals surface area contributed by atoms with Gasteiger partial charge in [0.2, 0.25) is 0 Å². The average Bonchev–Trinajstić information content (AvgIpc) is 2.48. The van der Waals surface area contributed by atoms with Crippen LogP contribution in [0.2, 0.25) is 0 Å². The Morgan fingerprint density at radius 3 is 2.45 bits per heavy atom. The largest absolute Gasteiger partial charge is 0.398 e. The predicted octanol–water partition coefficient (Wildman–Crippen LogP) is 4.39. The minimum absolute atomic E-state index is 0.00141. The van der Waals surface area contributed by atoms with Crippen LogP contribution in [0.25, 0.3) is 0 Å². The van der Waals surface area contributed by atoms with Crippen molar-refractivity contribution >= 4 is 27.4 Å². The summed E-state index contributed by atoms with van der Waals surface area (Å²) in [6, 6.07) is 11.3. The molecule has 2 N–H and O–H groups in total. The van der Waals surface area contributed by atoms with Crippen molar-refractivity contribution in [3.63, 3.8) is 0 Å². The zero-order chi connectivity index (χ0) is 14.7. The lowest BCUT2D eigenvalue weighted by atomic mass is 9.96. The number of ketones is 1. The number of nitrogens with two attached hydrogens (primary N) is 1. The van der Waals surface area contributed by atoms with E-state index in [1.54, 1.807) is 18.2 Å². The number of hydrogen-bond acceptors (Lipinski definition) is 2. The Balaban J connectivity index is 2.46. The smallest absolute Gasteiger partial charge is 0.194 e. The maximum Gasteiger partial charge on any atom is 0.194 e. The third-order valence-electron chi connectivity index (χ3n) is 3.50. The first-order valence-electron chi connectivity index (χ1n) is 6.79. The Labute approximate surface area is 128 Å². The van der Waals surface area contributed by atoms with E-state index in [0.29, 0.717) is 21.3 Å². The molecule has 2 aromatic carbocycles. The van der Waals surface area contributed by atoms with Crippen LogP contribution in [0.3, 0.4) is 0 Å². The second-order valence-electron chi connectivity index (χ2n) is 4.73. The molecule has 0 heterocycles. The summed E-state index contributed by atoms with van der Waals surface area (Å²) in [5, 5.41) is 0. The lowest BCUT2D eigenvalue weighted by Crippen LogP contribution is -2.05. The van der Waals surface area contributed by atoms with E-state index in [9.17, 15) is 4.79 Å². The van der Waals surface area contributed by atoms with Crippen LogP contribution in [0.1, 0.15) is 40.9 Å². The van der Waals surface area contributed by atoms with Crippen molar-refractivity contribution in [3.8, 4) is 0 Å². The summed E-state index contributed by atoms with van der Waals surface area (Å²) in [7, 11) is 0. The number of carbonyl (C=O) groups excluding carboxylic acids is 1. The third kappa shape index (κ3) is 2.78. The second kappa shape index (κ2) is 6.23. The van der Waals surface area contributed by atoms with Crippen molar-refractivity contribution in [1.29, 1.82) is 0 Å². The lowest BCUT2D eigenvalue weighted by Gasteiger charge is -2.10. The average molecular weight is 332 g/mol. The molecule has 2 nitrogen and oxygen atoms in total. The molecular weight excluding hydrogens is 314 g/mol. The third-order valence-corrected chi connectivity index (χ3v) is 4.39. The van der Waals surface area contributed by atoms with Gasteiger partial charge >= 0.3 is 0 Å². The van der Waals surface area contributed by atoms with Gasteiger partial charge in [0, 0.05) is 16.8 Å². The molecule has 20 heavy (non-hydrogen) atoms. The fraction of sp³-hybridized carbons (Fsp3) is 0.235. The molecule has 0 aliphatic heterocycles. The van der Waals surface area contributed by atoms with Gasteiger partial charge in [-0.2, -0.15) is 0 Å². The van der Waals surface area contributed by atoms with Gasteiger partial charge in [0.15, 0.2) is 5.78 Å². The summed E-state index contributed by atoms with van der Waals surface area (Å²) in [5.41, 5.74) is 10.3. The highest BCUT2D eigenvalue weighted by molar-refractivity contribution is 9.10. The number of rotatable bonds is 4. The maximum absolute atomic E-state index is 12.6. The minimum atomic E-state index is 0.00141. The number of carbonyl (C=O) groups is 1. The summed E-state index contributed by atoms with van der Waals surface area (Å²) >= 11 is 3.40. The molecule has 2 aromatic rings. The van der Waals surface area contributed by atoms with E-state index in [1.807, 2.05) is 18.2 Å². The molecule has 0 fully saturated rings. The van der Waals surface area contributed by atoms with E-state index in [4.69, 9.17) is 5.73 Å². The maximum atomic E-state index is 12.6. The minimum Gasteiger partial charge on any atom is -0.398 e. The van der Waals surface area contributed by atoms with Crippen molar-refractivity contribution < 1.29 is 4.79 Å². The van der Waals surface area contributed by atoms with Gasteiger partial charge < -0.3 is 5.73 Å². The topological polar surface area (TPSA) is 43.1 Å². The summed E-state index contributed by atoms with van der Waals surface area (Å²) < 4.78 is 0.669. The van der Waals surface area contributed by atoms with E-state index >= 15 is 0 Å². The number of hydrogen-bond donors (Lipinski definition) is 1. The highest BCUT2D eigenvalue weighted by atomic mass is 79.9. The zero-order valence-corrected chi connectivity index (χ0v) is 13.3. The lowest BCUT2D eigenvalue weighted by molar-refractivity contribution is 0.103. The van der Waals surface area contributed by atoms with E-state index in [2.05, 4.69) is 29.8 Å². The highest BCUT2D eigenvalue weighted by Crippen LogP contribution is 2.26. The fourth-order valence-corrected chi connectivity index (χ4v) is 2.77. The molecule has 104 valence electrons. The standard InChI is InChI=1S/C17H18BrNO/c1-3-11-8-9-13(10-12(11)4-2)17(20)14-6-5-7-15(19)16(14)18/h5-10H,3-4,19H2,1-2H3. The molecule has 0 saturated carbocycles. The molecule has 0 radical (unpaired) electrons. The van der Waals surface area contributed by atoms with Crippen LogP contribution in [0.5, 0.6) is 0 Å². The normalized spacial score (nSPS) is 10.6. The quantitative estimate of drug-likeness (QED) is 0.667. The van der Waals surface area contributed by atoms with Gasteiger partial charge in [-0.05, 0) is 58.1 Å². The summed E-state index contributed by atoms with van der Waals surface area (Å²) in [6.07, 6.45) is 1.92. The van der Waals surface area contributed by atoms with Crippen LogP contribution in [-0.4, -0.2) is 5.78 Å². The van der Waals surface area contributed by atoms with Crippen LogP contribution in [0, 0.1) is 0 Å². The Hall–Kier alpha value is -1.61. The highest BCUT2D eigenvalue weighted by Gasteiger charge is 2.15. The molecule has 0 spiro atoms. The monoisotopic (exact) mass is 331 g/mol. The van der Waals surface area contributed by atoms with Crippen LogP contribution in [0.15, 0.2) is 40.9 Å². The molecule has 0 unspecified atom stereocenters. The van der Waals surface area contributed by atoms with E-state index in [-0.39, 0.29) is 5.78 Å². The van der Waals surface area contributed by atoms with E-state index in [1.165, 1.54) is 11.1 Å². The molecule has 0 aromatic heterocycles. The Morgan fingerprint density at radius 1 is 1.10 bits per heavy atom. The van der Waals surface area contributed by atoms with Crippen molar-refractivity contribution in [3.05, 3.63) is 63.1 Å². The zero-order valence-electron chi connectivity index (χ0n) is 11.7. The number of halogens is 1. The van der Waals surface area contributed by atoms with Crippen LogP contribution in [0.4, 0.5) is 5.69 Å². The molecule has 0 atom stereocenters. The fourth-order valence-electron chi connectivity index (χ4n) is 2.32. The number of nitrogen functional groups attached to an aromatic ring is 1. The molecule has 2 rings (SSSR count). The molecule has 0 aliphatic carbocycles. The van der Waals surface area contributed by atoms with Gasteiger partial charge in [-0.25, -0.2) is 0 Å². The van der Waals surface area contributed by atoms with Crippen LogP contribution < -0.4 is 5.73 Å². The molecule has 0 aliphatic rings. The number of aryl methyl sites for hydroxylation is 2. The molecular formula is C17H18BrNO. The Morgan fingerprint density at radius 2 is 1.80 bits per heavy atom. The summed E-state index contributed by atoms with van der Waals surface area (Å²) in [4.78, 5) is 12.6. The van der Waals surface area contributed by atoms with Crippen molar-refractivity contribution in [2.45, 2.75) is 26.7 Å². The first-order valence-corrected chi connectivity index (χ1v) is 7.58.